The van der Waals surface area contributed by atoms with Gasteiger partial charge in [0, 0.05) is 41.3 Å². The van der Waals surface area contributed by atoms with Gasteiger partial charge >= 0.3 is 0 Å². The lowest BCUT2D eigenvalue weighted by Crippen LogP contribution is -2.38. The molecular weight excluding hydrogens is 398 g/mol. The van der Waals surface area contributed by atoms with E-state index in [9.17, 15) is 4.79 Å². The minimum Gasteiger partial charge on any atom is -0.497 e. The van der Waals surface area contributed by atoms with Gasteiger partial charge in [-0.1, -0.05) is 18.2 Å². The number of hydrogen-bond donors (Lipinski definition) is 1. The van der Waals surface area contributed by atoms with Crippen LogP contribution in [0.3, 0.4) is 0 Å². The van der Waals surface area contributed by atoms with Crippen molar-refractivity contribution in [2.75, 3.05) is 20.2 Å². The Hall–Kier alpha value is -3.34. The van der Waals surface area contributed by atoms with E-state index in [1.54, 1.807) is 7.11 Å². The molecule has 0 unspecified atom stereocenters. The standard InChI is InChI=1S/C27H27N3O2/c1-32-18-9-10-23-21(15-18)22(16-28-23)17-11-13-30(14-12-17)27(31)26-19-5-2-3-7-24(19)29-25-8-4-6-20(25)26/h2-3,5,7,9-10,15-17,28H,4,6,8,11-14H2,1H3. The molecule has 2 aliphatic rings. The molecule has 1 saturated heterocycles. The molecule has 0 spiro atoms. The van der Waals surface area contributed by atoms with Gasteiger partial charge in [0.15, 0.2) is 0 Å². The lowest BCUT2D eigenvalue weighted by molar-refractivity contribution is 0.0714. The van der Waals surface area contributed by atoms with Gasteiger partial charge in [-0.3, -0.25) is 9.78 Å². The molecule has 5 nitrogen and oxygen atoms in total. The number of benzene rings is 2. The fourth-order valence-corrected chi connectivity index (χ4v) is 5.59. The van der Waals surface area contributed by atoms with Crippen LogP contribution in [0.1, 0.15) is 52.4 Å². The second-order valence-corrected chi connectivity index (χ2v) is 9.00. The van der Waals surface area contributed by atoms with E-state index in [-0.39, 0.29) is 5.91 Å². The number of likely N-dealkylation sites (tertiary alicyclic amines) is 1. The molecule has 1 fully saturated rings. The highest BCUT2D eigenvalue weighted by Gasteiger charge is 2.30. The Morgan fingerprint density at radius 2 is 1.94 bits per heavy atom. The van der Waals surface area contributed by atoms with Crippen LogP contribution in [0, 0.1) is 0 Å². The monoisotopic (exact) mass is 425 g/mol. The first-order chi connectivity index (χ1) is 15.7. The average Bonchev–Trinajstić information content (AvgIpc) is 3.48. The van der Waals surface area contributed by atoms with Crippen LogP contribution >= 0.6 is 0 Å². The van der Waals surface area contributed by atoms with E-state index in [0.29, 0.717) is 5.92 Å². The van der Waals surface area contributed by atoms with E-state index in [1.807, 2.05) is 24.3 Å². The zero-order valence-corrected chi connectivity index (χ0v) is 18.4. The number of piperidine rings is 1. The fourth-order valence-electron chi connectivity index (χ4n) is 5.59. The number of nitrogens with zero attached hydrogens (tertiary/aromatic N) is 2. The van der Waals surface area contributed by atoms with Gasteiger partial charge in [0.25, 0.3) is 5.91 Å². The summed E-state index contributed by atoms with van der Waals surface area (Å²) in [4.78, 5) is 24.1. The minimum atomic E-state index is 0.181. The Morgan fingerprint density at radius 1 is 1.09 bits per heavy atom. The third kappa shape index (κ3) is 3.07. The number of fused-ring (bicyclic) bond motifs is 3. The number of aryl methyl sites for hydroxylation is 1. The van der Waals surface area contributed by atoms with E-state index < -0.39 is 0 Å². The van der Waals surface area contributed by atoms with E-state index >= 15 is 0 Å². The molecule has 1 amide bonds. The molecule has 162 valence electrons. The van der Waals surface area contributed by atoms with Crippen molar-refractivity contribution < 1.29 is 9.53 Å². The third-order valence-electron chi connectivity index (χ3n) is 7.28. The molecule has 1 aliphatic heterocycles. The number of carbonyl (C=O) groups is 1. The maximum Gasteiger partial charge on any atom is 0.254 e. The molecule has 32 heavy (non-hydrogen) atoms. The van der Waals surface area contributed by atoms with Crippen LogP contribution in [-0.2, 0) is 12.8 Å². The maximum absolute atomic E-state index is 13.7. The van der Waals surface area contributed by atoms with Crippen molar-refractivity contribution >= 4 is 27.7 Å². The zero-order chi connectivity index (χ0) is 21.7. The summed E-state index contributed by atoms with van der Waals surface area (Å²) in [5, 5.41) is 2.23. The predicted octanol–water partition coefficient (Wildman–Crippen LogP) is 5.23. The molecule has 0 bridgehead atoms. The van der Waals surface area contributed by atoms with Gasteiger partial charge in [-0.2, -0.15) is 0 Å². The van der Waals surface area contributed by atoms with Crippen molar-refractivity contribution in [2.45, 2.75) is 38.0 Å². The Balaban J connectivity index is 1.28. The number of para-hydroxylation sites is 1. The van der Waals surface area contributed by atoms with Crippen LogP contribution in [0.2, 0.25) is 0 Å². The van der Waals surface area contributed by atoms with Gasteiger partial charge in [-0.05, 0) is 73.4 Å². The summed E-state index contributed by atoms with van der Waals surface area (Å²) in [6, 6.07) is 14.3. The number of hydrogen-bond acceptors (Lipinski definition) is 3. The number of pyridine rings is 1. The molecule has 0 saturated carbocycles. The van der Waals surface area contributed by atoms with Crippen LogP contribution in [0.15, 0.2) is 48.7 Å². The lowest BCUT2D eigenvalue weighted by atomic mass is 9.88. The van der Waals surface area contributed by atoms with Crippen molar-refractivity contribution in [2.24, 2.45) is 0 Å². The van der Waals surface area contributed by atoms with Crippen molar-refractivity contribution in [1.82, 2.24) is 14.9 Å². The number of aromatic nitrogens is 2. The van der Waals surface area contributed by atoms with Gasteiger partial charge < -0.3 is 14.6 Å². The normalized spacial score (nSPS) is 16.6. The minimum absolute atomic E-state index is 0.181. The Morgan fingerprint density at radius 3 is 2.78 bits per heavy atom. The second-order valence-electron chi connectivity index (χ2n) is 9.00. The molecule has 2 aromatic heterocycles. The van der Waals surface area contributed by atoms with Crippen molar-refractivity contribution in [1.29, 1.82) is 0 Å². The number of H-pyrrole nitrogens is 1. The number of nitrogens with one attached hydrogen (secondary N) is 1. The maximum atomic E-state index is 13.7. The molecule has 0 radical (unpaired) electrons. The molecular formula is C27H27N3O2. The van der Waals surface area contributed by atoms with E-state index in [0.717, 1.165) is 78.6 Å². The highest BCUT2D eigenvalue weighted by atomic mass is 16.5. The van der Waals surface area contributed by atoms with Crippen LogP contribution in [0.5, 0.6) is 5.75 Å². The van der Waals surface area contributed by atoms with Crippen LogP contribution < -0.4 is 4.74 Å². The van der Waals surface area contributed by atoms with Crippen LogP contribution in [0.4, 0.5) is 0 Å². The molecule has 2 aromatic carbocycles. The average molecular weight is 426 g/mol. The first-order valence-corrected chi connectivity index (χ1v) is 11.6. The van der Waals surface area contributed by atoms with E-state index in [2.05, 4.69) is 34.3 Å². The topological polar surface area (TPSA) is 58.2 Å². The third-order valence-corrected chi connectivity index (χ3v) is 7.28. The summed E-state index contributed by atoms with van der Waals surface area (Å²) in [7, 11) is 1.71. The van der Waals surface area contributed by atoms with Gasteiger partial charge in [0.05, 0.1) is 18.2 Å². The Bertz CT molecular complexity index is 1330. The van der Waals surface area contributed by atoms with Crippen LogP contribution in [-0.4, -0.2) is 41.0 Å². The Labute approximate surface area is 187 Å². The molecule has 0 atom stereocenters. The van der Waals surface area contributed by atoms with Gasteiger partial charge in [-0.25, -0.2) is 0 Å². The van der Waals surface area contributed by atoms with Crippen molar-refractivity contribution in [3.05, 3.63) is 71.0 Å². The van der Waals surface area contributed by atoms with Crippen molar-refractivity contribution in [3.8, 4) is 5.75 Å². The summed E-state index contributed by atoms with van der Waals surface area (Å²) in [6.45, 7) is 1.57. The lowest BCUT2D eigenvalue weighted by Gasteiger charge is -2.32. The summed E-state index contributed by atoms with van der Waals surface area (Å²) >= 11 is 0. The van der Waals surface area contributed by atoms with Crippen molar-refractivity contribution in [3.63, 3.8) is 0 Å². The largest absolute Gasteiger partial charge is 0.497 e. The molecule has 4 aromatic rings. The highest BCUT2D eigenvalue weighted by Crippen LogP contribution is 2.36. The smallest absolute Gasteiger partial charge is 0.254 e. The second kappa shape index (κ2) is 7.66. The predicted molar refractivity (Wildman–Crippen MR) is 126 cm³/mol. The molecule has 5 heteroatoms. The quantitative estimate of drug-likeness (QED) is 0.489. The first kappa shape index (κ1) is 19.4. The van der Waals surface area contributed by atoms with Gasteiger partial charge in [0.1, 0.15) is 5.75 Å². The number of carbonyl (C=O) groups excluding carboxylic acids is 1. The van der Waals surface area contributed by atoms with Gasteiger partial charge in [-0.15, -0.1) is 0 Å². The molecule has 1 aliphatic carbocycles. The summed E-state index contributed by atoms with van der Waals surface area (Å²) in [5.41, 5.74) is 6.62. The molecule has 3 heterocycles. The number of rotatable bonds is 3. The van der Waals surface area contributed by atoms with E-state index in [4.69, 9.17) is 9.72 Å². The molecule has 1 N–H and O–H groups in total. The number of methoxy groups -OCH3 is 1. The number of amides is 1. The summed E-state index contributed by atoms with van der Waals surface area (Å²) in [6.07, 6.45) is 7.11. The van der Waals surface area contributed by atoms with Crippen LogP contribution in [0.25, 0.3) is 21.8 Å². The first-order valence-electron chi connectivity index (χ1n) is 11.6. The fraction of sp³-hybridized carbons (Fsp3) is 0.333. The Kier molecular flexibility index (Phi) is 4.63. The highest BCUT2D eigenvalue weighted by molar-refractivity contribution is 6.08. The SMILES string of the molecule is COc1ccc2[nH]cc(C3CCN(C(=O)c4c5c(nc6ccccc46)CCC5)CC3)c2c1. The van der Waals surface area contributed by atoms with E-state index in [1.165, 1.54) is 16.5 Å². The molecule has 6 rings (SSSR count). The number of ether oxygens (including phenoxy) is 1. The van der Waals surface area contributed by atoms with Gasteiger partial charge in [0.2, 0.25) is 0 Å². The number of aromatic amines is 1. The zero-order valence-electron chi connectivity index (χ0n) is 18.4. The summed E-state index contributed by atoms with van der Waals surface area (Å²) < 4.78 is 5.43. The summed E-state index contributed by atoms with van der Waals surface area (Å²) in [5.74, 6) is 1.50.